The second-order valence-corrected chi connectivity index (χ2v) is 4.39. The standard InChI is InChI=1S/C12H22N4O2/c1-5-8-10(6-2)13-12-11(16(17)18)9(4)14-15(12)7-3/h10,13H,5-8H2,1-4H3. The minimum absolute atomic E-state index is 0.103. The van der Waals surface area contributed by atoms with Crippen molar-refractivity contribution in [1.29, 1.82) is 0 Å². The van der Waals surface area contributed by atoms with Gasteiger partial charge in [-0.25, -0.2) is 4.68 Å². The van der Waals surface area contributed by atoms with Crippen LogP contribution in [0.15, 0.2) is 0 Å². The van der Waals surface area contributed by atoms with Crippen LogP contribution in [-0.4, -0.2) is 20.7 Å². The normalized spacial score (nSPS) is 12.4. The van der Waals surface area contributed by atoms with Crippen molar-refractivity contribution in [2.75, 3.05) is 5.32 Å². The van der Waals surface area contributed by atoms with Crippen LogP contribution in [0, 0.1) is 17.0 Å². The minimum atomic E-state index is -0.352. The van der Waals surface area contributed by atoms with Gasteiger partial charge in [-0.1, -0.05) is 20.3 Å². The van der Waals surface area contributed by atoms with E-state index in [1.807, 2.05) is 6.92 Å². The van der Waals surface area contributed by atoms with E-state index in [4.69, 9.17) is 0 Å². The van der Waals surface area contributed by atoms with Crippen LogP contribution in [0.5, 0.6) is 0 Å². The maximum atomic E-state index is 11.1. The maximum Gasteiger partial charge on any atom is 0.333 e. The lowest BCUT2D eigenvalue weighted by molar-refractivity contribution is -0.384. The van der Waals surface area contributed by atoms with E-state index in [9.17, 15) is 10.1 Å². The highest BCUT2D eigenvalue weighted by atomic mass is 16.6. The summed E-state index contributed by atoms with van der Waals surface area (Å²) in [4.78, 5) is 10.8. The zero-order chi connectivity index (χ0) is 13.7. The third-order valence-electron chi connectivity index (χ3n) is 3.05. The van der Waals surface area contributed by atoms with E-state index >= 15 is 0 Å². The molecule has 0 aliphatic rings. The van der Waals surface area contributed by atoms with E-state index in [1.165, 1.54) is 0 Å². The topological polar surface area (TPSA) is 73.0 Å². The van der Waals surface area contributed by atoms with Crippen molar-refractivity contribution in [2.24, 2.45) is 0 Å². The molecule has 1 rings (SSSR count). The lowest BCUT2D eigenvalue weighted by atomic mass is 10.1. The van der Waals surface area contributed by atoms with Crippen molar-refractivity contribution in [2.45, 2.75) is 59.5 Å². The van der Waals surface area contributed by atoms with Gasteiger partial charge in [-0.15, -0.1) is 0 Å². The Morgan fingerprint density at radius 2 is 2.11 bits per heavy atom. The predicted octanol–water partition coefficient (Wildman–Crippen LogP) is 3.11. The number of nitrogens with zero attached hydrogens (tertiary/aromatic N) is 3. The quantitative estimate of drug-likeness (QED) is 0.599. The number of rotatable bonds is 7. The van der Waals surface area contributed by atoms with Gasteiger partial charge >= 0.3 is 5.69 Å². The summed E-state index contributed by atoms with van der Waals surface area (Å²) in [6.07, 6.45) is 3.00. The van der Waals surface area contributed by atoms with Gasteiger partial charge in [0, 0.05) is 12.6 Å². The Hall–Kier alpha value is -1.59. The first kappa shape index (κ1) is 14.5. The molecular formula is C12H22N4O2. The van der Waals surface area contributed by atoms with Crippen molar-refractivity contribution < 1.29 is 4.92 Å². The van der Waals surface area contributed by atoms with Gasteiger partial charge in [-0.05, 0) is 26.7 Å². The molecule has 1 heterocycles. The molecule has 6 heteroatoms. The summed E-state index contributed by atoms with van der Waals surface area (Å²) in [6, 6.07) is 0.259. The second kappa shape index (κ2) is 6.37. The van der Waals surface area contributed by atoms with Crippen LogP contribution in [0.25, 0.3) is 0 Å². The SMILES string of the molecule is CCCC(CC)Nc1c([N+](=O)[O-])c(C)nn1CC. The monoisotopic (exact) mass is 254 g/mol. The molecule has 0 aliphatic carbocycles. The van der Waals surface area contributed by atoms with Crippen LogP contribution >= 0.6 is 0 Å². The fraction of sp³-hybridized carbons (Fsp3) is 0.750. The molecule has 1 atom stereocenters. The number of nitrogens with one attached hydrogen (secondary N) is 1. The Balaban J connectivity index is 3.08. The Morgan fingerprint density at radius 3 is 2.56 bits per heavy atom. The summed E-state index contributed by atoms with van der Waals surface area (Å²) in [7, 11) is 0. The molecule has 0 aromatic carbocycles. The summed E-state index contributed by atoms with van der Waals surface area (Å²) >= 11 is 0. The Kier molecular flexibility index (Phi) is 5.12. The first-order valence-electron chi connectivity index (χ1n) is 6.53. The van der Waals surface area contributed by atoms with E-state index in [0.29, 0.717) is 18.1 Å². The highest BCUT2D eigenvalue weighted by Crippen LogP contribution is 2.29. The Labute approximate surface area is 108 Å². The molecule has 102 valence electrons. The molecule has 0 aliphatic heterocycles. The zero-order valence-corrected chi connectivity index (χ0v) is 11.6. The molecule has 0 saturated heterocycles. The molecule has 1 N–H and O–H groups in total. The van der Waals surface area contributed by atoms with E-state index in [0.717, 1.165) is 19.3 Å². The average Bonchev–Trinajstić information content (AvgIpc) is 2.64. The van der Waals surface area contributed by atoms with Gasteiger partial charge in [0.1, 0.15) is 5.69 Å². The summed E-state index contributed by atoms with van der Waals surface area (Å²) in [5, 5.41) is 18.6. The van der Waals surface area contributed by atoms with Gasteiger partial charge in [0.05, 0.1) is 4.92 Å². The molecule has 1 aromatic rings. The van der Waals surface area contributed by atoms with Gasteiger partial charge in [0.2, 0.25) is 5.82 Å². The van der Waals surface area contributed by atoms with Crippen LogP contribution in [0.2, 0.25) is 0 Å². The first-order valence-corrected chi connectivity index (χ1v) is 6.53. The third-order valence-corrected chi connectivity index (χ3v) is 3.05. The molecule has 0 radical (unpaired) electrons. The third kappa shape index (κ3) is 3.00. The summed E-state index contributed by atoms with van der Waals surface area (Å²) in [5.74, 6) is 0.542. The van der Waals surface area contributed by atoms with Gasteiger partial charge in [-0.2, -0.15) is 5.10 Å². The zero-order valence-electron chi connectivity index (χ0n) is 11.6. The first-order chi connectivity index (χ1) is 8.54. The molecule has 0 amide bonds. The van der Waals surface area contributed by atoms with E-state index < -0.39 is 0 Å². The molecular weight excluding hydrogens is 232 g/mol. The summed E-state index contributed by atoms with van der Waals surface area (Å²) < 4.78 is 1.67. The Bertz CT molecular complexity index is 414. The number of hydrogen-bond acceptors (Lipinski definition) is 4. The van der Waals surface area contributed by atoms with Crippen molar-refractivity contribution in [3.8, 4) is 0 Å². The number of aromatic nitrogens is 2. The lowest BCUT2D eigenvalue weighted by Gasteiger charge is -2.17. The van der Waals surface area contributed by atoms with Crippen LogP contribution < -0.4 is 5.32 Å². The molecule has 0 spiro atoms. The van der Waals surface area contributed by atoms with E-state index in [-0.39, 0.29) is 16.7 Å². The van der Waals surface area contributed by atoms with E-state index in [1.54, 1.807) is 11.6 Å². The van der Waals surface area contributed by atoms with Crippen molar-refractivity contribution in [1.82, 2.24) is 9.78 Å². The second-order valence-electron chi connectivity index (χ2n) is 4.39. The fourth-order valence-electron chi connectivity index (χ4n) is 2.08. The number of aryl methyl sites for hydroxylation is 2. The van der Waals surface area contributed by atoms with E-state index in [2.05, 4.69) is 24.3 Å². The van der Waals surface area contributed by atoms with Crippen LogP contribution in [0.1, 0.15) is 45.7 Å². The van der Waals surface area contributed by atoms with Gasteiger partial charge in [0.25, 0.3) is 0 Å². The Morgan fingerprint density at radius 1 is 1.44 bits per heavy atom. The average molecular weight is 254 g/mol. The molecule has 0 bridgehead atoms. The molecule has 0 fully saturated rings. The van der Waals surface area contributed by atoms with Crippen LogP contribution in [-0.2, 0) is 6.54 Å². The van der Waals surface area contributed by atoms with Crippen LogP contribution in [0.4, 0.5) is 11.5 Å². The molecule has 1 aromatic heterocycles. The van der Waals surface area contributed by atoms with Gasteiger partial charge < -0.3 is 5.32 Å². The number of hydrogen-bond donors (Lipinski definition) is 1. The van der Waals surface area contributed by atoms with Gasteiger partial charge in [0.15, 0.2) is 0 Å². The number of nitro groups is 1. The van der Waals surface area contributed by atoms with Gasteiger partial charge in [-0.3, -0.25) is 10.1 Å². The molecule has 18 heavy (non-hydrogen) atoms. The van der Waals surface area contributed by atoms with Crippen molar-refractivity contribution in [3.63, 3.8) is 0 Å². The largest absolute Gasteiger partial charge is 0.362 e. The predicted molar refractivity (Wildman–Crippen MR) is 71.9 cm³/mol. The summed E-state index contributed by atoms with van der Waals surface area (Å²) in [6.45, 7) is 8.43. The summed E-state index contributed by atoms with van der Waals surface area (Å²) in [5.41, 5.74) is 0.571. The lowest BCUT2D eigenvalue weighted by Crippen LogP contribution is -2.21. The highest BCUT2D eigenvalue weighted by molar-refractivity contribution is 5.60. The highest BCUT2D eigenvalue weighted by Gasteiger charge is 2.26. The molecule has 1 unspecified atom stereocenters. The molecule has 6 nitrogen and oxygen atoms in total. The minimum Gasteiger partial charge on any atom is -0.362 e. The van der Waals surface area contributed by atoms with Crippen molar-refractivity contribution in [3.05, 3.63) is 15.8 Å². The van der Waals surface area contributed by atoms with Crippen LogP contribution in [0.3, 0.4) is 0 Å². The molecule has 0 saturated carbocycles. The van der Waals surface area contributed by atoms with Crippen molar-refractivity contribution >= 4 is 11.5 Å². The maximum absolute atomic E-state index is 11.1. The number of anilines is 1. The smallest absolute Gasteiger partial charge is 0.333 e. The fourth-order valence-corrected chi connectivity index (χ4v) is 2.08.